The Morgan fingerprint density at radius 3 is 2.70 bits per heavy atom. The summed E-state index contributed by atoms with van der Waals surface area (Å²) in [6.07, 6.45) is 1.33. The second kappa shape index (κ2) is 8.53. The van der Waals surface area contributed by atoms with Crippen molar-refractivity contribution in [3.05, 3.63) is 71.4 Å². The van der Waals surface area contributed by atoms with Crippen molar-refractivity contribution in [3.8, 4) is 5.75 Å². The van der Waals surface area contributed by atoms with E-state index in [2.05, 4.69) is 4.98 Å². The second-order valence-corrected chi connectivity index (χ2v) is 7.68. The number of piperidine rings is 1. The highest BCUT2D eigenvalue weighted by molar-refractivity contribution is 5.94. The molecule has 0 spiro atoms. The molecule has 6 nitrogen and oxygen atoms in total. The molecule has 1 amide bonds. The molecule has 0 radical (unpaired) electrons. The van der Waals surface area contributed by atoms with Crippen LogP contribution in [0.25, 0.3) is 10.9 Å². The summed E-state index contributed by atoms with van der Waals surface area (Å²) in [6.45, 7) is 3.23. The highest BCUT2D eigenvalue weighted by Crippen LogP contribution is 2.23. The van der Waals surface area contributed by atoms with Crippen molar-refractivity contribution >= 4 is 22.8 Å². The van der Waals surface area contributed by atoms with E-state index in [1.165, 1.54) is 0 Å². The summed E-state index contributed by atoms with van der Waals surface area (Å²) in [5.74, 6) is -0.783. The minimum absolute atomic E-state index is 0.136. The lowest BCUT2D eigenvalue weighted by Crippen LogP contribution is -2.42. The number of aryl methyl sites for hydroxylation is 1. The highest BCUT2D eigenvalue weighted by Gasteiger charge is 2.28. The quantitative estimate of drug-likeness (QED) is 0.694. The number of likely N-dealkylation sites (tertiary alicyclic amines) is 1. The molecule has 1 atom stereocenters. The molecule has 1 N–H and O–H groups in total. The van der Waals surface area contributed by atoms with Crippen LogP contribution in [0.4, 0.5) is 0 Å². The fourth-order valence-electron chi connectivity index (χ4n) is 3.91. The number of nitrogens with zero attached hydrogens (tertiary/aromatic N) is 2. The molecule has 4 rings (SSSR count). The molecule has 6 heteroatoms. The molecule has 154 valence electrons. The van der Waals surface area contributed by atoms with E-state index in [0.29, 0.717) is 37.3 Å². The van der Waals surface area contributed by atoms with Gasteiger partial charge in [0.1, 0.15) is 12.4 Å². The second-order valence-electron chi connectivity index (χ2n) is 7.68. The van der Waals surface area contributed by atoms with Crippen LogP contribution >= 0.6 is 0 Å². The lowest BCUT2D eigenvalue weighted by atomic mass is 9.97. The number of hydrogen-bond acceptors (Lipinski definition) is 4. The van der Waals surface area contributed by atoms with E-state index in [9.17, 15) is 14.7 Å². The number of ether oxygens (including phenoxy) is 1. The van der Waals surface area contributed by atoms with Crippen molar-refractivity contribution in [1.82, 2.24) is 9.88 Å². The third kappa shape index (κ3) is 4.27. The summed E-state index contributed by atoms with van der Waals surface area (Å²) in [5.41, 5.74) is 3.48. The van der Waals surface area contributed by atoms with Gasteiger partial charge in [0.25, 0.3) is 5.91 Å². The maximum atomic E-state index is 12.7. The van der Waals surface area contributed by atoms with E-state index < -0.39 is 11.9 Å². The van der Waals surface area contributed by atoms with Crippen molar-refractivity contribution in [3.63, 3.8) is 0 Å². The maximum Gasteiger partial charge on any atom is 0.308 e. The monoisotopic (exact) mass is 404 g/mol. The molecule has 3 aromatic rings. The Morgan fingerprint density at radius 2 is 1.93 bits per heavy atom. The van der Waals surface area contributed by atoms with E-state index >= 15 is 0 Å². The number of carboxylic acids is 1. The SMILES string of the molecule is Cc1cc(COc2ccc(C(=O)N3CCCC(C(=O)O)C3)cc2)c2ccccc2n1. The van der Waals surface area contributed by atoms with Crippen molar-refractivity contribution in [2.24, 2.45) is 5.92 Å². The molecule has 0 bridgehead atoms. The van der Waals surface area contributed by atoms with Gasteiger partial charge in [-0.05, 0) is 56.2 Å². The molecule has 1 unspecified atom stereocenters. The van der Waals surface area contributed by atoms with E-state index in [4.69, 9.17) is 4.74 Å². The van der Waals surface area contributed by atoms with E-state index in [0.717, 1.165) is 22.2 Å². The van der Waals surface area contributed by atoms with Gasteiger partial charge in [0.2, 0.25) is 0 Å². The number of para-hydroxylation sites is 1. The number of pyridine rings is 1. The number of rotatable bonds is 5. The number of hydrogen-bond donors (Lipinski definition) is 1. The molecule has 1 aromatic heterocycles. The zero-order valence-electron chi connectivity index (χ0n) is 16.9. The molecule has 1 aliphatic heterocycles. The number of carbonyl (C=O) groups is 2. The van der Waals surface area contributed by atoms with Crippen LogP contribution < -0.4 is 4.74 Å². The summed E-state index contributed by atoms with van der Waals surface area (Å²) in [5, 5.41) is 10.3. The van der Waals surface area contributed by atoms with Crippen LogP contribution in [-0.2, 0) is 11.4 Å². The number of aromatic nitrogens is 1. The standard InChI is InChI=1S/C24H24N2O4/c1-16-13-19(21-6-2-3-7-22(21)25-16)15-30-20-10-8-17(9-11-20)23(27)26-12-4-5-18(14-26)24(28)29/h2-3,6-11,13,18H,4-5,12,14-15H2,1H3,(H,28,29). The number of amides is 1. The maximum absolute atomic E-state index is 12.7. The zero-order chi connectivity index (χ0) is 21.1. The van der Waals surface area contributed by atoms with Crippen LogP contribution in [0.1, 0.15) is 34.5 Å². The van der Waals surface area contributed by atoms with Gasteiger partial charge in [-0.15, -0.1) is 0 Å². The van der Waals surface area contributed by atoms with Crippen molar-refractivity contribution in [1.29, 1.82) is 0 Å². The Labute approximate surface area is 175 Å². The number of carboxylic acid groups (broad SMARTS) is 1. The van der Waals surface area contributed by atoms with E-state index in [1.54, 1.807) is 29.2 Å². The van der Waals surface area contributed by atoms with Gasteiger partial charge >= 0.3 is 5.97 Å². The molecule has 2 aromatic carbocycles. The van der Waals surface area contributed by atoms with Crippen molar-refractivity contribution in [2.45, 2.75) is 26.4 Å². The molecule has 0 aliphatic carbocycles. The lowest BCUT2D eigenvalue weighted by molar-refractivity contribution is -0.143. The molecule has 0 saturated carbocycles. The first-order valence-corrected chi connectivity index (χ1v) is 10.1. The van der Waals surface area contributed by atoms with Gasteiger partial charge in [-0.3, -0.25) is 14.6 Å². The van der Waals surface area contributed by atoms with Crippen LogP contribution in [0.3, 0.4) is 0 Å². The van der Waals surface area contributed by atoms with Crippen LogP contribution in [0.15, 0.2) is 54.6 Å². The summed E-state index contributed by atoms with van der Waals surface area (Å²) in [7, 11) is 0. The fraction of sp³-hybridized carbons (Fsp3) is 0.292. The molecule has 1 fully saturated rings. The smallest absolute Gasteiger partial charge is 0.308 e. The van der Waals surface area contributed by atoms with Gasteiger partial charge in [-0.2, -0.15) is 0 Å². The number of fused-ring (bicyclic) bond motifs is 1. The summed E-state index contributed by atoms with van der Waals surface area (Å²) in [6, 6.07) is 17.0. The van der Waals surface area contributed by atoms with Crippen LogP contribution in [-0.4, -0.2) is 40.0 Å². The molecular weight excluding hydrogens is 380 g/mol. The van der Waals surface area contributed by atoms with Crippen LogP contribution in [0, 0.1) is 12.8 Å². The molecule has 1 aliphatic rings. The van der Waals surface area contributed by atoms with Crippen LogP contribution in [0.2, 0.25) is 0 Å². The highest BCUT2D eigenvalue weighted by atomic mass is 16.5. The van der Waals surface area contributed by atoms with Gasteiger partial charge < -0.3 is 14.7 Å². The average Bonchev–Trinajstić information content (AvgIpc) is 2.77. The summed E-state index contributed by atoms with van der Waals surface area (Å²) >= 11 is 0. The summed E-state index contributed by atoms with van der Waals surface area (Å²) in [4.78, 5) is 30.1. The van der Waals surface area contributed by atoms with Crippen molar-refractivity contribution in [2.75, 3.05) is 13.1 Å². The van der Waals surface area contributed by atoms with Crippen LogP contribution in [0.5, 0.6) is 5.75 Å². The minimum atomic E-state index is -0.838. The van der Waals surface area contributed by atoms with E-state index in [-0.39, 0.29) is 12.5 Å². The largest absolute Gasteiger partial charge is 0.489 e. The van der Waals surface area contributed by atoms with Gasteiger partial charge in [-0.1, -0.05) is 18.2 Å². The Balaban J connectivity index is 1.43. The Kier molecular flexibility index (Phi) is 5.65. The van der Waals surface area contributed by atoms with Gasteiger partial charge in [0.15, 0.2) is 0 Å². The van der Waals surface area contributed by atoms with Gasteiger partial charge in [-0.25, -0.2) is 0 Å². The Morgan fingerprint density at radius 1 is 1.17 bits per heavy atom. The zero-order valence-corrected chi connectivity index (χ0v) is 16.9. The van der Waals surface area contributed by atoms with E-state index in [1.807, 2.05) is 37.3 Å². The first kappa shape index (κ1) is 19.9. The third-order valence-corrected chi connectivity index (χ3v) is 5.48. The van der Waals surface area contributed by atoms with Gasteiger partial charge in [0, 0.05) is 35.3 Å². The molecule has 2 heterocycles. The topological polar surface area (TPSA) is 79.7 Å². The lowest BCUT2D eigenvalue weighted by Gasteiger charge is -2.30. The normalized spacial score (nSPS) is 16.4. The number of aliphatic carboxylic acids is 1. The number of benzene rings is 2. The van der Waals surface area contributed by atoms with Crippen molar-refractivity contribution < 1.29 is 19.4 Å². The Bertz CT molecular complexity index is 1080. The first-order chi connectivity index (χ1) is 14.5. The Hall–Kier alpha value is -3.41. The molecule has 30 heavy (non-hydrogen) atoms. The number of carbonyl (C=O) groups excluding carboxylic acids is 1. The third-order valence-electron chi connectivity index (χ3n) is 5.48. The van der Waals surface area contributed by atoms with Gasteiger partial charge in [0.05, 0.1) is 11.4 Å². The average molecular weight is 404 g/mol. The predicted molar refractivity (Wildman–Crippen MR) is 114 cm³/mol. The summed E-state index contributed by atoms with van der Waals surface area (Å²) < 4.78 is 5.95. The minimum Gasteiger partial charge on any atom is -0.489 e. The fourth-order valence-corrected chi connectivity index (χ4v) is 3.91. The molecule has 1 saturated heterocycles. The molecular formula is C24H24N2O4. The first-order valence-electron chi connectivity index (χ1n) is 10.1. The predicted octanol–water partition coefficient (Wildman–Crippen LogP) is 4.06.